The Morgan fingerprint density at radius 3 is 2.83 bits per heavy atom. The average molecular weight is 433 g/mol. The molecule has 0 fully saturated rings. The largest absolute Gasteiger partial charge is 0.481 e. The van der Waals surface area contributed by atoms with Crippen LogP contribution in [0.15, 0.2) is 30.5 Å². The molecule has 2 atom stereocenters. The SMILES string of the molecule is C#CCOc1ccc2c(c1)OC(=O)C(Cc1ccnc(NS(=O)(=O)NC)c1F)C2C. The number of terminal acetylenes is 1. The van der Waals surface area contributed by atoms with Crippen molar-refractivity contribution in [3.63, 3.8) is 0 Å². The van der Waals surface area contributed by atoms with E-state index >= 15 is 0 Å². The number of carbonyl (C=O) groups excluding carboxylic acids is 1. The number of ether oxygens (including phenoxy) is 2. The number of aromatic nitrogens is 1. The molecule has 3 rings (SSSR count). The van der Waals surface area contributed by atoms with Crippen molar-refractivity contribution >= 4 is 22.0 Å². The van der Waals surface area contributed by atoms with E-state index in [2.05, 4.69) is 10.9 Å². The summed E-state index contributed by atoms with van der Waals surface area (Å²) in [5, 5.41) is 0. The minimum Gasteiger partial charge on any atom is -0.481 e. The van der Waals surface area contributed by atoms with Crippen molar-refractivity contribution in [3.8, 4) is 23.8 Å². The zero-order chi connectivity index (χ0) is 21.9. The number of halogens is 1. The van der Waals surface area contributed by atoms with E-state index in [-0.39, 0.29) is 24.5 Å². The number of carbonyl (C=O) groups is 1. The lowest BCUT2D eigenvalue weighted by molar-refractivity contribution is -0.141. The van der Waals surface area contributed by atoms with Gasteiger partial charge in [0.25, 0.3) is 10.2 Å². The minimum absolute atomic E-state index is 0.0113. The highest BCUT2D eigenvalue weighted by Crippen LogP contribution is 2.41. The van der Waals surface area contributed by atoms with Crippen molar-refractivity contribution in [2.24, 2.45) is 5.92 Å². The van der Waals surface area contributed by atoms with Gasteiger partial charge < -0.3 is 9.47 Å². The summed E-state index contributed by atoms with van der Waals surface area (Å²) >= 11 is 0. The predicted octanol–water partition coefficient (Wildman–Crippen LogP) is 1.99. The third-order valence-corrected chi connectivity index (χ3v) is 5.82. The van der Waals surface area contributed by atoms with Gasteiger partial charge in [0.05, 0.1) is 5.92 Å². The zero-order valence-electron chi connectivity index (χ0n) is 16.3. The molecule has 2 N–H and O–H groups in total. The fraction of sp³-hybridized carbons (Fsp3) is 0.300. The van der Waals surface area contributed by atoms with Crippen molar-refractivity contribution in [3.05, 3.63) is 47.4 Å². The van der Waals surface area contributed by atoms with Gasteiger partial charge in [-0.15, -0.1) is 6.42 Å². The molecule has 30 heavy (non-hydrogen) atoms. The van der Waals surface area contributed by atoms with E-state index in [0.29, 0.717) is 11.5 Å². The maximum absolute atomic E-state index is 14.8. The van der Waals surface area contributed by atoms with Gasteiger partial charge >= 0.3 is 5.97 Å². The molecule has 0 spiro atoms. The van der Waals surface area contributed by atoms with Crippen LogP contribution in [-0.2, 0) is 21.4 Å². The zero-order valence-corrected chi connectivity index (χ0v) is 17.1. The Labute approximate surface area is 174 Å². The van der Waals surface area contributed by atoms with Crippen LogP contribution in [0.4, 0.5) is 10.2 Å². The molecule has 1 aromatic heterocycles. The molecule has 158 valence electrons. The van der Waals surface area contributed by atoms with E-state index in [1.54, 1.807) is 18.2 Å². The van der Waals surface area contributed by atoms with Crippen LogP contribution in [-0.4, -0.2) is 33.0 Å². The molecule has 1 aliphatic heterocycles. The Morgan fingerprint density at radius 2 is 2.13 bits per heavy atom. The van der Waals surface area contributed by atoms with Gasteiger partial charge in [-0.1, -0.05) is 18.9 Å². The number of rotatable bonds is 7. The first-order valence-electron chi connectivity index (χ1n) is 9.02. The molecule has 2 unspecified atom stereocenters. The number of benzene rings is 1. The van der Waals surface area contributed by atoms with Gasteiger partial charge in [-0.2, -0.15) is 8.42 Å². The highest BCUT2D eigenvalue weighted by molar-refractivity contribution is 7.90. The van der Waals surface area contributed by atoms with Crippen LogP contribution in [0.5, 0.6) is 11.5 Å². The van der Waals surface area contributed by atoms with Crippen LogP contribution in [0.1, 0.15) is 24.0 Å². The fourth-order valence-electron chi connectivity index (χ4n) is 3.19. The molecule has 10 heteroatoms. The Bertz CT molecular complexity index is 1110. The topological polar surface area (TPSA) is 107 Å². The van der Waals surface area contributed by atoms with E-state index in [0.717, 1.165) is 5.56 Å². The second-order valence-electron chi connectivity index (χ2n) is 6.66. The highest BCUT2D eigenvalue weighted by atomic mass is 32.2. The number of nitrogens with one attached hydrogen (secondary N) is 2. The van der Waals surface area contributed by atoms with Crippen molar-refractivity contribution in [2.75, 3.05) is 18.4 Å². The van der Waals surface area contributed by atoms with Crippen molar-refractivity contribution in [1.82, 2.24) is 9.71 Å². The molecule has 0 radical (unpaired) electrons. The predicted molar refractivity (Wildman–Crippen MR) is 108 cm³/mol. The molecular weight excluding hydrogens is 413 g/mol. The number of esters is 1. The van der Waals surface area contributed by atoms with Crippen molar-refractivity contribution < 1.29 is 27.1 Å². The second kappa shape index (κ2) is 8.69. The molecular formula is C20H20FN3O5S. The van der Waals surface area contributed by atoms with E-state index in [9.17, 15) is 17.6 Å². The van der Waals surface area contributed by atoms with Crippen LogP contribution in [0.3, 0.4) is 0 Å². The van der Waals surface area contributed by atoms with Crippen LogP contribution < -0.4 is 18.9 Å². The smallest absolute Gasteiger partial charge is 0.315 e. The number of hydrogen-bond donors (Lipinski definition) is 2. The molecule has 2 aromatic rings. The van der Waals surface area contributed by atoms with Gasteiger partial charge in [-0.25, -0.2) is 14.1 Å². The third-order valence-electron chi connectivity index (χ3n) is 4.82. The summed E-state index contributed by atoms with van der Waals surface area (Å²) in [5.41, 5.74) is 0.920. The summed E-state index contributed by atoms with van der Waals surface area (Å²) < 4.78 is 52.9. The minimum atomic E-state index is -3.94. The number of anilines is 1. The lowest BCUT2D eigenvalue weighted by Gasteiger charge is -2.30. The first-order valence-corrected chi connectivity index (χ1v) is 10.5. The molecule has 0 saturated carbocycles. The maximum Gasteiger partial charge on any atom is 0.315 e. The van der Waals surface area contributed by atoms with Crippen LogP contribution in [0.2, 0.25) is 0 Å². The first-order chi connectivity index (χ1) is 14.3. The van der Waals surface area contributed by atoms with Crippen molar-refractivity contribution in [2.45, 2.75) is 19.3 Å². The van der Waals surface area contributed by atoms with Crippen LogP contribution in [0, 0.1) is 24.1 Å². The van der Waals surface area contributed by atoms with Gasteiger partial charge in [-0.3, -0.25) is 9.52 Å². The Balaban J connectivity index is 1.85. The van der Waals surface area contributed by atoms with E-state index in [4.69, 9.17) is 15.9 Å². The summed E-state index contributed by atoms with van der Waals surface area (Å²) in [7, 11) is -2.75. The lowest BCUT2D eigenvalue weighted by atomic mass is 9.81. The maximum atomic E-state index is 14.8. The number of pyridine rings is 1. The molecule has 0 bridgehead atoms. The fourth-order valence-corrected chi connectivity index (χ4v) is 3.69. The molecule has 0 aliphatic carbocycles. The quantitative estimate of drug-likeness (QED) is 0.393. The Kier molecular flexibility index (Phi) is 6.24. The van der Waals surface area contributed by atoms with E-state index in [1.807, 2.05) is 16.4 Å². The van der Waals surface area contributed by atoms with Gasteiger partial charge in [0.15, 0.2) is 11.6 Å². The Hall–Kier alpha value is -3.16. The monoisotopic (exact) mass is 433 g/mol. The van der Waals surface area contributed by atoms with Gasteiger partial charge in [0.1, 0.15) is 18.1 Å². The average Bonchev–Trinajstić information content (AvgIpc) is 2.71. The molecule has 1 aliphatic rings. The summed E-state index contributed by atoms with van der Waals surface area (Å²) in [5.74, 6) is 0.459. The molecule has 0 amide bonds. The lowest BCUT2D eigenvalue weighted by Crippen LogP contribution is -2.32. The first kappa shape index (κ1) is 21.5. The van der Waals surface area contributed by atoms with Gasteiger partial charge in [0, 0.05) is 19.3 Å². The summed E-state index contributed by atoms with van der Waals surface area (Å²) in [6, 6.07) is 6.49. The summed E-state index contributed by atoms with van der Waals surface area (Å²) in [6.07, 6.45) is 6.46. The standard InChI is InChI=1S/C20H20FN3O5S/c1-4-9-28-14-5-6-15-12(2)16(20(25)29-17(15)11-14)10-13-7-8-23-19(18(13)21)24-30(26,27)22-3/h1,5-8,11-12,16,22H,9-10H2,2-3H3,(H,23,24). The van der Waals surface area contributed by atoms with Gasteiger partial charge in [0.2, 0.25) is 0 Å². The van der Waals surface area contributed by atoms with Crippen molar-refractivity contribution in [1.29, 1.82) is 0 Å². The summed E-state index contributed by atoms with van der Waals surface area (Å²) in [6.45, 7) is 1.93. The number of nitrogens with zero attached hydrogens (tertiary/aromatic N) is 1. The molecule has 8 nitrogen and oxygen atoms in total. The summed E-state index contributed by atoms with van der Waals surface area (Å²) in [4.78, 5) is 16.3. The molecule has 1 aromatic carbocycles. The number of fused-ring (bicyclic) bond motifs is 1. The van der Waals surface area contributed by atoms with Gasteiger partial charge in [-0.05, 0) is 35.6 Å². The Morgan fingerprint density at radius 1 is 1.37 bits per heavy atom. The highest BCUT2D eigenvalue weighted by Gasteiger charge is 2.36. The molecule has 0 saturated heterocycles. The number of hydrogen-bond acceptors (Lipinski definition) is 6. The van der Waals surface area contributed by atoms with Crippen LogP contribution in [0.25, 0.3) is 0 Å². The molecule has 2 heterocycles. The van der Waals surface area contributed by atoms with E-state index < -0.39 is 33.7 Å². The van der Waals surface area contributed by atoms with E-state index in [1.165, 1.54) is 19.3 Å². The third kappa shape index (κ3) is 4.53. The normalized spacial score (nSPS) is 18.1. The second-order valence-corrected chi connectivity index (χ2v) is 8.27. The van der Waals surface area contributed by atoms with Crippen LogP contribution >= 0.6 is 0 Å².